The molecule has 0 radical (unpaired) electrons. The summed E-state index contributed by atoms with van der Waals surface area (Å²) in [5, 5.41) is 5.15. The van der Waals surface area contributed by atoms with Gasteiger partial charge >= 0.3 is 0 Å². The lowest BCUT2D eigenvalue weighted by molar-refractivity contribution is 0.414. The van der Waals surface area contributed by atoms with Gasteiger partial charge in [-0.3, -0.25) is 0 Å². The molecule has 0 heterocycles. The normalized spacial score (nSPS) is 12.7. The van der Waals surface area contributed by atoms with Gasteiger partial charge in [-0.05, 0) is 70.0 Å². The summed E-state index contributed by atoms with van der Waals surface area (Å²) in [7, 11) is -0.548. The van der Waals surface area contributed by atoms with E-state index in [1.54, 1.807) is 14.2 Å². The summed E-state index contributed by atoms with van der Waals surface area (Å²) in [5.74, 6) is 1.75. The Morgan fingerprint density at radius 2 is 0.909 bits per heavy atom. The van der Waals surface area contributed by atoms with Crippen molar-refractivity contribution in [1.82, 2.24) is 0 Å². The Balaban J connectivity index is 1.83. The molecular weight excluding hydrogens is 440 g/mol. The maximum atomic E-state index is 7.30. The zero-order valence-electron chi connectivity index (χ0n) is 19.6. The number of aryl methyl sites for hydroxylation is 2. The minimum atomic E-state index is -1.98. The van der Waals surface area contributed by atoms with E-state index in [1.807, 2.05) is 12.1 Å². The SMILES string of the molecule is COc1ccc([SiH](O[SiH](c2ccccc2)c2ccc(OC)cc2C)c2ccccc2)c(C)c1. The average Bonchev–Trinajstić information content (AvgIpc) is 2.86. The van der Waals surface area contributed by atoms with Gasteiger partial charge in [-0.15, -0.1) is 0 Å². The molecule has 0 bridgehead atoms. The second kappa shape index (κ2) is 10.7. The van der Waals surface area contributed by atoms with Crippen molar-refractivity contribution in [1.29, 1.82) is 0 Å². The predicted octanol–water partition coefficient (Wildman–Crippen LogP) is 2.71. The fourth-order valence-corrected chi connectivity index (χ4v) is 11.1. The number of methoxy groups -OCH3 is 2. The predicted molar refractivity (Wildman–Crippen MR) is 142 cm³/mol. The second-order valence-corrected chi connectivity index (χ2v) is 13.3. The maximum Gasteiger partial charge on any atom is 0.229 e. The second-order valence-electron chi connectivity index (χ2n) is 8.16. The highest BCUT2D eigenvalue weighted by atomic mass is 28.4. The fourth-order valence-electron chi connectivity index (χ4n) is 4.19. The molecular formula is C28H30O3Si2. The van der Waals surface area contributed by atoms with E-state index in [1.165, 1.54) is 31.9 Å². The van der Waals surface area contributed by atoms with Crippen LogP contribution in [-0.4, -0.2) is 32.3 Å². The number of hydrogen-bond donors (Lipinski definition) is 0. The lowest BCUT2D eigenvalue weighted by atomic mass is 10.2. The van der Waals surface area contributed by atoms with Crippen LogP contribution in [0.15, 0.2) is 97.1 Å². The summed E-state index contributed by atoms with van der Waals surface area (Å²) in [6.45, 7) is 4.31. The minimum Gasteiger partial charge on any atom is -0.497 e. The molecule has 33 heavy (non-hydrogen) atoms. The first-order valence-electron chi connectivity index (χ1n) is 11.1. The molecule has 0 aliphatic carbocycles. The average molecular weight is 471 g/mol. The smallest absolute Gasteiger partial charge is 0.229 e. The van der Waals surface area contributed by atoms with Gasteiger partial charge in [0.05, 0.1) is 14.2 Å². The van der Waals surface area contributed by atoms with E-state index in [0.29, 0.717) is 0 Å². The third-order valence-electron chi connectivity index (χ3n) is 6.00. The van der Waals surface area contributed by atoms with Crippen LogP contribution in [0.3, 0.4) is 0 Å². The van der Waals surface area contributed by atoms with Crippen molar-refractivity contribution in [2.45, 2.75) is 13.8 Å². The van der Waals surface area contributed by atoms with Crippen molar-refractivity contribution >= 4 is 38.8 Å². The van der Waals surface area contributed by atoms with Crippen LogP contribution < -0.4 is 30.2 Å². The maximum absolute atomic E-state index is 7.30. The summed E-state index contributed by atoms with van der Waals surface area (Å²) in [5.41, 5.74) is 2.42. The van der Waals surface area contributed by atoms with E-state index >= 15 is 0 Å². The van der Waals surface area contributed by atoms with E-state index in [2.05, 4.69) is 98.8 Å². The molecule has 3 nitrogen and oxygen atoms in total. The number of hydrogen-bond acceptors (Lipinski definition) is 3. The topological polar surface area (TPSA) is 27.7 Å². The Kier molecular flexibility index (Phi) is 7.44. The molecule has 5 heteroatoms. The van der Waals surface area contributed by atoms with Crippen molar-refractivity contribution in [3.63, 3.8) is 0 Å². The summed E-state index contributed by atoms with van der Waals surface area (Å²) < 4.78 is 18.2. The van der Waals surface area contributed by atoms with Gasteiger partial charge in [-0.2, -0.15) is 0 Å². The van der Waals surface area contributed by atoms with Crippen molar-refractivity contribution in [3.05, 3.63) is 108 Å². The Labute approximate surface area is 200 Å². The summed E-state index contributed by atoms with van der Waals surface area (Å²) in [6.07, 6.45) is 0. The Morgan fingerprint density at radius 1 is 0.515 bits per heavy atom. The zero-order chi connectivity index (χ0) is 23.2. The molecule has 0 saturated heterocycles. The van der Waals surface area contributed by atoms with Crippen LogP contribution in [0.2, 0.25) is 0 Å². The third kappa shape index (κ3) is 5.27. The van der Waals surface area contributed by atoms with Crippen LogP contribution in [0.4, 0.5) is 0 Å². The van der Waals surface area contributed by atoms with Crippen molar-refractivity contribution in [2.75, 3.05) is 14.2 Å². The lowest BCUT2D eigenvalue weighted by Crippen LogP contribution is -2.56. The van der Waals surface area contributed by atoms with E-state index in [0.717, 1.165) is 11.5 Å². The van der Waals surface area contributed by atoms with Gasteiger partial charge in [0.25, 0.3) is 0 Å². The highest BCUT2D eigenvalue weighted by Gasteiger charge is 2.28. The molecule has 0 spiro atoms. The first-order chi connectivity index (χ1) is 16.1. The molecule has 0 saturated carbocycles. The number of ether oxygens (including phenoxy) is 2. The van der Waals surface area contributed by atoms with Gasteiger partial charge in [0.2, 0.25) is 18.1 Å². The molecule has 4 aromatic carbocycles. The molecule has 168 valence electrons. The molecule has 4 aromatic rings. The van der Waals surface area contributed by atoms with Crippen molar-refractivity contribution in [2.24, 2.45) is 0 Å². The van der Waals surface area contributed by atoms with Crippen molar-refractivity contribution < 1.29 is 13.6 Å². The van der Waals surface area contributed by atoms with Crippen LogP contribution in [0.5, 0.6) is 11.5 Å². The first kappa shape index (κ1) is 23.0. The molecule has 0 aromatic heterocycles. The molecule has 0 aliphatic rings. The largest absolute Gasteiger partial charge is 0.497 e. The molecule has 2 atom stereocenters. The number of benzene rings is 4. The molecule has 0 amide bonds. The molecule has 0 fully saturated rings. The lowest BCUT2D eigenvalue weighted by Gasteiger charge is -2.27. The van der Waals surface area contributed by atoms with E-state index in [9.17, 15) is 0 Å². The monoisotopic (exact) mass is 470 g/mol. The highest BCUT2D eigenvalue weighted by molar-refractivity contribution is 6.92. The zero-order valence-corrected chi connectivity index (χ0v) is 21.9. The van der Waals surface area contributed by atoms with Crippen LogP contribution >= 0.6 is 0 Å². The summed E-state index contributed by atoms with van der Waals surface area (Å²) in [4.78, 5) is 0. The molecule has 0 N–H and O–H groups in total. The van der Waals surface area contributed by atoms with Crippen molar-refractivity contribution in [3.8, 4) is 11.5 Å². The van der Waals surface area contributed by atoms with E-state index in [-0.39, 0.29) is 0 Å². The molecule has 0 aliphatic heterocycles. The fraction of sp³-hybridized carbons (Fsp3) is 0.143. The van der Waals surface area contributed by atoms with Gasteiger partial charge in [0.1, 0.15) is 11.5 Å². The van der Waals surface area contributed by atoms with Gasteiger partial charge in [-0.1, -0.05) is 72.8 Å². The highest BCUT2D eigenvalue weighted by Crippen LogP contribution is 2.14. The third-order valence-corrected chi connectivity index (χ3v) is 12.6. The van der Waals surface area contributed by atoms with Crippen LogP contribution in [0, 0.1) is 13.8 Å². The molecule has 2 unspecified atom stereocenters. The first-order valence-corrected chi connectivity index (χ1v) is 14.4. The Morgan fingerprint density at radius 3 is 1.24 bits per heavy atom. The van der Waals surface area contributed by atoms with Gasteiger partial charge in [0, 0.05) is 0 Å². The summed E-state index contributed by atoms with van der Waals surface area (Å²) in [6, 6.07) is 34.1. The van der Waals surface area contributed by atoms with E-state index < -0.39 is 18.1 Å². The van der Waals surface area contributed by atoms with Gasteiger partial charge < -0.3 is 13.6 Å². The van der Waals surface area contributed by atoms with Crippen LogP contribution in [-0.2, 0) is 4.12 Å². The van der Waals surface area contributed by atoms with Crippen LogP contribution in [0.25, 0.3) is 0 Å². The standard InChI is InChI=1S/C28H30O3Si2/c1-21-19-23(29-3)15-17-27(21)32(25-11-7-5-8-12-25)31-33(26-13-9-6-10-14-26)28-18-16-24(30-4)20-22(28)2/h5-20,32-33H,1-4H3. The van der Waals surface area contributed by atoms with Gasteiger partial charge in [0.15, 0.2) is 0 Å². The number of rotatable bonds is 8. The minimum absolute atomic E-state index is 0.875. The van der Waals surface area contributed by atoms with E-state index in [4.69, 9.17) is 13.6 Å². The van der Waals surface area contributed by atoms with Crippen LogP contribution in [0.1, 0.15) is 11.1 Å². The quantitative estimate of drug-likeness (QED) is 0.371. The van der Waals surface area contributed by atoms with Gasteiger partial charge in [-0.25, -0.2) is 0 Å². The Hall–Kier alpha value is -3.13. The summed E-state index contributed by atoms with van der Waals surface area (Å²) >= 11 is 0. The Bertz CT molecular complexity index is 1100. The molecule has 4 rings (SSSR count).